The van der Waals surface area contributed by atoms with Gasteiger partial charge < -0.3 is 4.42 Å². The Hall–Kier alpha value is -5.92. The van der Waals surface area contributed by atoms with Crippen molar-refractivity contribution < 1.29 is 8.98 Å². The Morgan fingerprint density at radius 1 is 0.685 bits per heavy atom. The SMILES string of the molecule is Cc1ccc2c(oc3cc(-c4cccc(C#N)c4)ccc32)c1-c1n(-c2c(C(C)C)cc(-c3ccc(C(C)(C)C)cc3)cc2C(C)C)c2ccccc2[n+]1C. The number of nitriles is 1. The quantitative estimate of drug-likeness (QED) is 0.162. The summed E-state index contributed by atoms with van der Waals surface area (Å²) < 4.78 is 11.8. The van der Waals surface area contributed by atoms with Crippen LogP contribution in [-0.2, 0) is 12.5 Å². The van der Waals surface area contributed by atoms with Crippen molar-refractivity contribution in [2.24, 2.45) is 7.05 Å². The number of benzene rings is 6. The van der Waals surface area contributed by atoms with E-state index >= 15 is 0 Å². The van der Waals surface area contributed by atoms with Gasteiger partial charge in [0.05, 0.1) is 18.7 Å². The summed E-state index contributed by atoms with van der Waals surface area (Å²) in [6.45, 7) is 18.3. The Bertz CT molecular complexity index is 2750. The molecule has 0 N–H and O–H groups in total. The maximum Gasteiger partial charge on any atom is 0.299 e. The number of aryl methyl sites for hydroxylation is 2. The number of nitrogens with zero attached hydrogens (tertiary/aromatic N) is 3. The minimum atomic E-state index is 0.100. The maximum absolute atomic E-state index is 9.54. The number of fused-ring (bicyclic) bond motifs is 4. The predicted molar refractivity (Wildman–Crippen MR) is 224 cm³/mol. The average molecular weight is 707 g/mol. The Balaban J connectivity index is 1.41. The first-order chi connectivity index (χ1) is 25.8. The zero-order valence-electron chi connectivity index (χ0n) is 32.9. The fourth-order valence-electron chi connectivity index (χ4n) is 8.13. The van der Waals surface area contributed by atoms with Crippen LogP contribution in [0.25, 0.3) is 72.3 Å². The Morgan fingerprint density at radius 2 is 1.33 bits per heavy atom. The van der Waals surface area contributed by atoms with E-state index in [4.69, 9.17) is 4.42 Å². The number of imidazole rings is 1. The molecule has 6 aromatic carbocycles. The third-order valence-electron chi connectivity index (χ3n) is 11.1. The van der Waals surface area contributed by atoms with Crippen LogP contribution in [0.2, 0.25) is 0 Å². The number of furan rings is 1. The molecule has 8 aromatic rings. The summed E-state index contributed by atoms with van der Waals surface area (Å²) >= 11 is 0. The molecular formula is C50H48N3O+. The van der Waals surface area contributed by atoms with Gasteiger partial charge in [-0.15, -0.1) is 0 Å². The van der Waals surface area contributed by atoms with E-state index in [-0.39, 0.29) is 17.3 Å². The zero-order chi connectivity index (χ0) is 38.1. The van der Waals surface area contributed by atoms with Crippen molar-refractivity contribution in [2.45, 2.75) is 72.6 Å². The van der Waals surface area contributed by atoms with Gasteiger partial charge in [-0.1, -0.05) is 115 Å². The molecule has 54 heavy (non-hydrogen) atoms. The lowest BCUT2D eigenvalue weighted by molar-refractivity contribution is -0.633. The van der Waals surface area contributed by atoms with Crippen LogP contribution in [0.15, 0.2) is 120 Å². The average Bonchev–Trinajstić information content (AvgIpc) is 3.68. The summed E-state index contributed by atoms with van der Waals surface area (Å²) in [5.74, 6) is 1.63. The van der Waals surface area contributed by atoms with Crippen LogP contribution in [0.3, 0.4) is 0 Å². The van der Waals surface area contributed by atoms with Gasteiger partial charge in [0.2, 0.25) is 0 Å². The van der Waals surface area contributed by atoms with Gasteiger partial charge >= 0.3 is 0 Å². The lowest BCUT2D eigenvalue weighted by Crippen LogP contribution is -2.30. The van der Waals surface area contributed by atoms with Gasteiger partial charge in [0, 0.05) is 21.9 Å². The van der Waals surface area contributed by atoms with Crippen LogP contribution in [-0.4, -0.2) is 4.57 Å². The van der Waals surface area contributed by atoms with E-state index in [9.17, 15) is 5.26 Å². The molecule has 0 unspecified atom stereocenters. The third kappa shape index (κ3) is 5.80. The van der Waals surface area contributed by atoms with Crippen molar-refractivity contribution in [2.75, 3.05) is 0 Å². The second-order valence-corrected chi connectivity index (χ2v) is 16.5. The number of hydrogen-bond acceptors (Lipinski definition) is 2. The largest absolute Gasteiger partial charge is 0.455 e. The minimum absolute atomic E-state index is 0.100. The third-order valence-corrected chi connectivity index (χ3v) is 11.1. The molecule has 4 nitrogen and oxygen atoms in total. The topological polar surface area (TPSA) is 45.7 Å². The first-order valence-electron chi connectivity index (χ1n) is 19.1. The van der Waals surface area contributed by atoms with Gasteiger partial charge in [0.25, 0.3) is 5.82 Å². The molecule has 0 atom stereocenters. The van der Waals surface area contributed by atoms with Crippen LogP contribution >= 0.6 is 0 Å². The highest BCUT2D eigenvalue weighted by molar-refractivity contribution is 6.10. The fourth-order valence-corrected chi connectivity index (χ4v) is 8.13. The molecule has 0 saturated carbocycles. The molecule has 0 fully saturated rings. The van der Waals surface area contributed by atoms with E-state index in [1.165, 1.54) is 33.5 Å². The molecule has 2 heterocycles. The molecule has 0 radical (unpaired) electrons. The van der Waals surface area contributed by atoms with Gasteiger partial charge in [-0.25, -0.2) is 4.57 Å². The smallest absolute Gasteiger partial charge is 0.299 e. The van der Waals surface area contributed by atoms with Crippen LogP contribution in [0.1, 0.15) is 88.1 Å². The Kier molecular flexibility index (Phi) is 8.58. The predicted octanol–water partition coefficient (Wildman–Crippen LogP) is 13.1. The molecule has 0 spiro atoms. The lowest BCUT2D eigenvalue weighted by Gasteiger charge is -2.22. The lowest BCUT2D eigenvalue weighted by atomic mass is 9.85. The summed E-state index contributed by atoms with van der Waals surface area (Å²) in [5.41, 5.74) is 16.7. The van der Waals surface area contributed by atoms with Gasteiger partial charge in [-0.2, -0.15) is 9.83 Å². The van der Waals surface area contributed by atoms with Gasteiger partial charge in [-0.3, -0.25) is 0 Å². The van der Waals surface area contributed by atoms with Crippen molar-refractivity contribution >= 4 is 33.0 Å². The van der Waals surface area contributed by atoms with E-state index in [0.717, 1.165) is 61.1 Å². The molecule has 0 aliphatic heterocycles. The standard InChI is InChI=1S/C50H48N3O/c1-30(2)41-26-37(34-18-21-38(22-19-34)50(6,7)8)27-42(31(3)4)47(41)53-44-16-11-10-15-43(44)52(9)49(53)46-32(5)17-23-40-39-24-20-36(28-45(39)54-48(40)46)35-14-12-13-33(25-35)29-51/h10-28,30-31H,1-9H3/q+1. The van der Waals surface area contributed by atoms with Gasteiger partial charge in [-0.05, 0) is 106 Å². The summed E-state index contributed by atoms with van der Waals surface area (Å²) in [5, 5.41) is 11.7. The Labute approximate surface area is 318 Å². The van der Waals surface area contributed by atoms with Gasteiger partial charge in [0.15, 0.2) is 16.6 Å². The summed E-state index contributed by atoms with van der Waals surface area (Å²) in [6, 6.07) is 43.6. The van der Waals surface area contributed by atoms with Crippen molar-refractivity contribution in [3.8, 4) is 45.4 Å². The van der Waals surface area contributed by atoms with Crippen molar-refractivity contribution in [3.63, 3.8) is 0 Å². The second kappa shape index (κ2) is 13.2. The van der Waals surface area contributed by atoms with Crippen LogP contribution in [0, 0.1) is 18.3 Å². The molecule has 0 amide bonds. The number of aromatic nitrogens is 2. The molecule has 8 rings (SSSR count). The highest BCUT2D eigenvalue weighted by Gasteiger charge is 2.34. The normalized spacial score (nSPS) is 12.1. The number of para-hydroxylation sites is 2. The highest BCUT2D eigenvalue weighted by atomic mass is 16.3. The zero-order valence-corrected chi connectivity index (χ0v) is 32.9. The van der Waals surface area contributed by atoms with Crippen LogP contribution in [0.4, 0.5) is 0 Å². The molecule has 0 aliphatic rings. The first kappa shape index (κ1) is 35.1. The molecule has 4 heteroatoms. The van der Waals surface area contributed by atoms with Crippen molar-refractivity contribution in [3.05, 3.63) is 143 Å². The minimum Gasteiger partial charge on any atom is -0.455 e. The number of rotatable bonds is 6. The van der Waals surface area contributed by atoms with Crippen molar-refractivity contribution in [1.29, 1.82) is 5.26 Å². The van der Waals surface area contributed by atoms with E-state index in [0.29, 0.717) is 5.56 Å². The van der Waals surface area contributed by atoms with E-state index in [2.05, 4.69) is 169 Å². The Morgan fingerprint density at radius 3 is 2.00 bits per heavy atom. The highest BCUT2D eigenvalue weighted by Crippen LogP contribution is 2.43. The second-order valence-electron chi connectivity index (χ2n) is 16.5. The summed E-state index contributed by atoms with van der Waals surface area (Å²) in [7, 11) is 2.19. The maximum atomic E-state index is 9.54. The molecule has 0 bridgehead atoms. The monoisotopic (exact) mass is 706 g/mol. The van der Waals surface area contributed by atoms with Gasteiger partial charge in [0.1, 0.15) is 16.8 Å². The van der Waals surface area contributed by atoms with E-state index < -0.39 is 0 Å². The van der Waals surface area contributed by atoms with Crippen LogP contribution < -0.4 is 4.57 Å². The van der Waals surface area contributed by atoms with Crippen LogP contribution in [0.5, 0.6) is 0 Å². The molecular weight excluding hydrogens is 659 g/mol. The van der Waals surface area contributed by atoms with Crippen molar-refractivity contribution in [1.82, 2.24) is 4.57 Å². The fraction of sp³-hybridized carbons (Fsp3) is 0.240. The first-order valence-corrected chi connectivity index (χ1v) is 19.1. The number of hydrogen-bond donors (Lipinski definition) is 0. The van der Waals surface area contributed by atoms with E-state index in [1.54, 1.807) is 0 Å². The summed E-state index contributed by atoms with van der Waals surface area (Å²) in [6.07, 6.45) is 0. The van der Waals surface area contributed by atoms with E-state index in [1.807, 2.05) is 24.3 Å². The molecule has 0 aliphatic carbocycles. The summed E-state index contributed by atoms with van der Waals surface area (Å²) in [4.78, 5) is 0. The molecule has 268 valence electrons. The molecule has 2 aromatic heterocycles. The molecule has 0 saturated heterocycles.